The Morgan fingerprint density at radius 3 is 2.50 bits per heavy atom. The summed E-state index contributed by atoms with van der Waals surface area (Å²) in [6.45, 7) is 9.06. The van der Waals surface area contributed by atoms with E-state index in [0.717, 1.165) is 35.5 Å². The van der Waals surface area contributed by atoms with E-state index in [1.807, 2.05) is 51.1 Å². The number of ether oxygens (including phenoxy) is 2. The van der Waals surface area contributed by atoms with Crippen LogP contribution in [0.15, 0.2) is 42.5 Å². The van der Waals surface area contributed by atoms with E-state index >= 15 is 0 Å². The van der Waals surface area contributed by atoms with Crippen LogP contribution in [0.2, 0.25) is 0 Å². The molecule has 2 aromatic rings. The lowest BCUT2D eigenvalue weighted by Crippen LogP contribution is -2.37. The lowest BCUT2D eigenvalue weighted by molar-refractivity contribution is -0.127. The van der Waals surface area contributed by atoms with Crippen LogP contribution < -0.4 is 14.8 Å². The van der Waals surface area contributed by atoms with Gasteiger partial charge in [0.25, 0.3) is 5.91 Å². The van der Waals surface area contributed by atoms with Crippen LogP contribution in [-0.4, -0.2) is 25.2 Å². The Morgan fingerprint density at radius 2 is 1.81 bits per heavy atom. The molecule has 0 bridgehead atoms. The number of aryl methyl sites for hydroxylation is 3. The molecule has 1 amide bonds. The van der Waals surface area contributed by atoms with Crippen molar-refractivity contribution in [1.29, 1.82) is 0 Å². The second kappa shape index (κ2) is 9.85. The van der Waals surface area contributed by atoms with Crippen LogP contribution in [0.5, 0.6) is 11.5 Å². The number of rotatable bonds is 9. The molecule has 0 saturated carbocycles. The lowest BCUT2D eigenvalue weighted by atomic mass is 10.1. The standard InChI is InChI=1S/C22H29NO3/c1-5-25-21-11-7-6-9-19(21)10-8-12-23-22(24)18(4)26-20-14-16(2)13-17(3)15-20/h6-7,9,11,13-15,18H,5,8,10,12H2,1-4H3,(H,23,24)/t18-/m1/s1. The summed E-state index contributed by atoms with van der Waals surface area (Å²) in [7, 11) is 0. The first-order valence-corrected chi connectivity index (χ1v) is 9.23. The summed E-state index contributed by atoms with van der Waals surface area (Å²) < 4.78 is 11.4. The number of carbonyl (C=O) groups excluding carboxylic acids is 1. The highest BCUT2D eigenvalue weighted by atomic mass is 16.5. The topological polar surface area (TPSA) is 47.6 Å². The molecule has 2 aromatic carbocycles. The van der Waals surface area contributed by atoms with Crippen molar-refractivity contribution in [2.24, 2.45) is 0 Å². The van der Waals surface area contributed by atoms with E-state index < -0.39 is 6.10 Å². The number of hydrogen-bond acceptors (Lipinski definition) is 3. The fourth-order valence-corrected chi connectivity index (χ4v) is 2.90. The van der Waals surface area contributed by atoms with Crippen molar-refractivity contribution < 1.29 is 14.3 Å². The Bertz CT molecular complexity index is 707. The van der Waals surface area contributed by atoms with Gasteiger partial charge in [0.1, 0.15) is 11.5 Å². The van der Waals surface area contributed by atoms with Crippen molar-refractivity contribution in [1.82, 2.24) is 5.32 Å². The second-order valence-electron chi connectivity index (χ2n) is 6.52. The zero-order valence-electron chi connectivity index (χ0n) is 16.2. The Hall–Kier alpha value is -2.49. The minimum Gasteiger partial charge on any atom is -0.494 e. The third-order valence-corrected chi connectivity index (χ3v) is 4.07. The quantitative estimate of drug-likeness (QED) is 0.685. The van der Waals surface area contributed by atoms with Crippen LogP contribution >= 0.6 is 0 Å². The number of hydrogen-bond donors (Lipinski definition) is 1. The predicted octanol–water partition coefficient (Wildman–Crippen LogP) is 4.22. The summed E-state index contributed by atoms with van der Waals surface area (Å²) >= 11 is 0. The zero-order valence-corrected chi connectivity index (χ0v) is 16.2. The van der Waals surface area contributed by atoms with Crippen LogP contribution in [-0.2, 0) is 11.2 Å². The van der Waals surface area contributed by atoms with Crippen molar-refractivity contribution in [2.75, 3.05) is 13.2 Å². The van der Waals surface area contributed by atoms with Crippen LogP contribution in [0.3, 0.4) is 0 Å². The van der Waals surface area contributed by atoms with Crippen molar-refractivity contribution in [3.63, 3.8) is 0 Å². The first kappa shape index (κ1) is 19.8. The summed E-state index contributed by atoms with van der Waals surface area (Å²) in [4.78, 5) is 12.2. The monoisotopic (exact) mass is 355 g/mol. The number of para-hydroxylation sites is 1. The van der Waals surface area contributed by atoms with Gasteiger partial charge in [-0.25, -0.2) is 0 Å². The van der Waals surface area contributed by atoms with Crippen molar-refractivity contribution in [2.45, 2.75) is 46.6 Å². The molecule has 4 nitrogen and oxygen atoms in total. The molecule has 0 unspecified atom stereocenters. The van der Waals surface area contributed by atoms with Gasteiger partial charge in [0.15, 0.2) is 6.10 Å². The summed E-state index contributed by atoms with van der Waals surface area (Å²) in [5.74, 6) is 1.56. The molecule has 0 aromatic heterocycles. The molecular weight excluding hydrogens is 326 g/mol. The molecule has 1 N–H and O–H groups in total. The summed E-state index contributed by atoms with van der Waals surface area (Å²) in [6, 6.07) is 14.0. The average molecular weight is 355 g/mol. The van der Waals surface area contributed by atoms with E-state index in [2.05, 4.69) is 17.4 Å². The van der Waals surface area contributed by atoms with Crippen LogP contribution in [0, 0.1) is 13.8 Å². The van der Waals surface area contributed by atoms with Gasteiger partial charge in [0.2, 0.25) is 0 Å². The first-order valence-electron chi connectivity index (χ1n) is 9.23. The van der Waals surface area contributed by atoms with E-state index in [1.165, 1.54) is 5.56 Å². The SMILES string of the molecule is CCOc1ccccc1CCCNC(=O)[C@@H](C)Oc1cc(C)cc(C)c1. The third-order valence-electron chi connectivity index (χ3n) is 4.07. The number of nitrogens with one attached hydrogen (secondary N) is 1. The maximum atomic E-state index is 12.2. The molecule has 0 saturated heterocycles. The Kier molecular flexibility index (Phi) is 7.52. The predicted molar refractivity (Wildman–Crippen MR) is 105 cm³/mol. The zero-order chi connectivity index (χ0) is 18.9. The van der Waals surface area contributed by atoms with Crippen LogP contribution in [0.25, 0.3) is 0 Å². The maximum absolute atomic E-state index is 12.2. The van der Waals surface area contributed by atoms with E-state index in [9.17, 15) is 4.79 Å². The van der Waals surface area contributed by atoms with Gasteiger partial charge in [-0.2, -0.15) is 0 Å². The highest BCUT2D eigenvalue weighted by Gasteiger charge is 2.14. The Morgan fingerprint density at radius 1 is 1.12 bits per heavy atom. The van der Waals surface area contributed by atoms with Gasteiger partial charge in [-0.3, -0.25) is 4.79 Å². The Labute approximate surface area is 156 Å². The molecule has 1 atom stereocenters. The minimum absolute atomic E-state index is 0.0951. The molecule has 0 aliphatic carbocycles. The fraction of sp³-hybridized carbons (Fsp3) is 0.409. The van der Waals surface area contributed by atoms with E-state index in [4.69, 9.17) is 9.47 Å². The van der Waals surface area contributed by atoms with Crippen molar-refractivity contribution >= 4 is 5.91 Å². The van der Waals surface area contributed by atoms with Gasteiger partial charge in [-0.15, -0.1) is 0 Å². The number of amides is 1. The van der Waals surface area contributed by atoms with Gasteiger partial charge < -0.3 is 14.8 Å². The van der Waals surface area contributed by atoms with Gasteiger partial charge >= 0.3 is 0 Å². The number of carbonyl (C=O) groups is 1. The second-order valence-corrected chi connectivity index (χ2v) is 6.52. The molecule has 2 rings (SSSR count). The van der Waals surface area contributed by atoms with E-state index in [1.54, 1.807) is 6.92 Å². The summed E-state index contributed by atoms with van der Waals surface area (Å²) in [5.41, 5.74) is 3.42. The van der Waals surface area contributed by atoms with Crippen molar-refractivity contribution in [3.8, 4) is 11.5 Å². The van der Waals surface area contributed by atoms with E-state index in [-0.39, 0.29) is 5.91 Å². The highest BCUT2D eigenvalue weighted by Crippen LogP contribution is 2.19. The first-order chi connectivity index (χ1) is 12.5. The van der Waals surface area contributed by atoms with Crippen molar-refractivity contribution in [3.05, 3.63) is 59.2 Å². The summed E-state index contributed by atoms with van der Waals surface area (Å²) in [5, 5.41) is 2.95. The highest BCUT2D eigenvalue weighted by molar-refractivity contribution is 5.80. The molecule has 0 heterocycles. The molecule has 0 aliphatic rings. The third kappa shape index (κ3) is 6.10. The average Bonchev–Trinajstić information content (AvgIpc) is 2.59. The smallest absolute Gasteiger partial charge is 0.260 e. The molecule has 4 heteroatoms. The molecule has 0 spiro atoms. The number of benzene rings is 2. The minimum atomic E-state index is -0.521. The normalized spacial score (nSPS) is 11.7. The molecule has 0 aliphatic heterocycles. The fourth-order valence-electron chi connectivity index (χ4n) is 2.90. The Balaban J connectivity index is 1.78. The largest absolute Gasteiger partial charge is 0.494 e. The molecular formula is C22H29NO3. The lowest BCUT2D eigenvalue weighted by Gasteiger charge is -2.16. The molecule has 0 fully saturated rings. The van der Waals surface area contributed by atoms with Crippen LogP contribution in [0.4, 0.5) is 0 Å². The van der Waals surface area contributed by atoms with Gasteiger partial charge in [-0.05, 0) is 75.4 Å². The summed E-state index contributed by atoms with van der Waals surface area (Å²) in [6.07, 6.45) is 1.20. The molecule has 140 valence electrons. The van der Waals surface area contributed by atoms with Gasteiger partial charge in [0, 0.05) is 6.54 Å². The van der Waals surface area contributed by atoms with E-state index in [0.29, 0.717) is 13.2 Å². The van der Waals surface area contributed by atoms with Gasteiger partial charge in [-0.1, -0.05) is 24.3 Å². The van der Waals surface area contributed by atoms with Crippen LogP contribution in [0.1, 0.15) is 37.0 Å². The van der Waals surface area contributed by atoms with Gasteiger partial charge in [0.05, 0.1) is 6.61 Å². The molecule has 26 heavy (non-hydrogen) atoms. The molecule has 0 radical (unpaired) electrons. The maximum Gasteiger partial charge on any atom is 0.260 e.